The van der Waals surface area contributed by atoms with Gasteiger partial charge < -0.3 is 14.9 Å². The van der Waals surface area contributed by atoms with E-state index in [-0.39, 0.29) is 23.7 Å². The third-order valence-corrected chi connectivity index (χ3v) is 3.63. The number of rotatable bonds is 4. The van der Waals surface area contributed by atoms with Crippen molar-refractivity contribution in [2.24, 2.45) is 0 Å². The van der Waals surface area contributed by atoms with Crippen LogP contribution in [-0.4, -0.2) is 12.9 Å². The van der Waals surface area contributed by atoms with Crippen molar-refractivity contribution < 1.29 is 13.9 Å². The maximum absolute atomic E-state index is 12.5. The molecule has 0 bridgehead atoms. The number of benzene rings is 2. The van der Waals surface area contributed by atoms with Crippen molar-refractivity contribution in [1.29, 1.82) is 0 Å². The average molecular weight is 309 g/mol. The molecule has 1 aromatic heterocycles. The zero-order chi connectivity index (χ0) is 16.4. The van der Waals surface area contributed by atoms with Crippen LogP contribution in [0.4, 0.5) is 5.88 Å². The van der Waals surface area contributed by atoms with Crippen LogP contribution in [-0.2, 0) is 6.42 Å². The first-order chi connectivity index (χ1) is 11.1. The molecular formula is C18H15NO4. The van der Waals surface area contributed by atoms with Crippen LogP contribution >= 0.6 is 0 Å². The molecule has 2 aromatic carbocycles. The Morgan fingerprint density at radius 2 is 1.83 bits per heavy atom. The summed E-state index contributed by atoms with van der Waals surface area (Å²) in [6, 6.07) is 13.8. The molecule has 0 fully saturated rings. The van der Waals surface area contributed by atoms with Crippen LogP contribution in [0.1, 0.15) is 15.9 Å². The van der Waals surface area contributed by atoms with E-state index in [0.717, 1.165) is 5.56 Å². The topological polar surface area (TPSA) is 82.5 Å². The Labute approximate surface area is 132 Å². The van der Waals surface area contributed by atoms with Gasteiger partial charge in [0.25, 0.3) is 0 Å². The van der Waals surface area contributed by atoms with E-state index in [2.05, 4.69) is 0 Å². The highest BCUT2D eigenvalue weighted by atomic mass is 16.5. The third-order valence-electron chi connectivity index (χ3n) is 3.63. The van der Waals surface area contributed by atoms with Crippen molar-refractivity contribution in [1.82, 2.24) is 0 Å². The Morgan fingerprint density at radius 1 is 1.13 bits per heavy atom. The molecule has 0 unspecified atom stereocenters. The molecule has 0 saturated heterocycles. The van der Waals surface area contributed by atoms with Crippen LogP contribution in [0, 0.1) is 0 Å². The summed E-state index contributed by atoms with van der Waals surface area (Å²) < 4.78 is 10.5. The lowest BCUT2D eigenvalue weighted by atomic mass is 10.0. The number of ether oxygens (including phenoxy) is 1. The van der Waals surface area contributed by atoms with Gasteiger partial charge >= 0.3 is 0 Å². The zero-order valence-electron chi connectivity index (χ0n) is 12.5. The maximum atomic E-state index is 12.5. The van der Waals surface area contributed by atoms with Crippen molar-refractivity contribution in [3.8, 4) is 5.75 Å². The van der Waals surface area contributed by atoms with Crippen LogP contribution < -0.4 is 15.9 Å². The van der Waals surface area contributed by atoms with Gasteiger partial charge in [0, 0.05) is 6.42 Å². The summed E-state index contributed by atoms with van der Waals surface area (Å²) in [4.78, 5) is 25.0. The number of Topliss-reactive ketones (excluding diaryl/α,β-unsaturated/α-hetero) is 1. The molecule has 0 saturated carbocycles. The highest BCUT2D eigenvalue weighted by molar-refractivity contribution is 6.03. The number of hydrogen-bond donors (Lipinski definition) is 1. The number of nitrogens with two attached hydrogens (primary N) is 1. The van der Waals surface area contributed by atoms with Gasteiger partial charge in [0.1, 0.15) is 16.9 Å². The largest absolute Gasteiger partial charge is 0.497 e. The van der Waals surface area contributed by atoms with Crippen molar-refractivity contribution in [2.75, 3.05) is 12.8 Å². The molecule has 0 aliphatic carbocycles. The minimum atomic E-state index is -0.400. The number of carbonyl (C=O) groups is 1. The molecule has 3 aromatic rings. The molecule has 5 heteroatoms. The number of hydrogen-bond acceptors (Lipinski definition) is 5. The second kappa shape index (κ2) is 5.96. The Hall–Kier alpha value is -3.08. The van der Waals surface area contributed by atoms with Gasteiger partial charge in [-0.2, -0.15) is 0 Å². The van der Waals surface area contributed by atoms with Crippen molar-refractivity contribution in [3.05, 3.63) is 69.9 Å². The van der Waals surface area contributed by atoms with Crippen molar-refractivity contribution in [3.63, 3.8) is 0 Å². The minimum absolute atomic E-state index is 0.0668. The van der Waals surface area contributed by atoms with Gasteiger partial charge in [0.15, 0.2) is 5.78 Å². The third kappa shape index (κ3) is 2.81. The normalized spacial score (nSPS) is 10.7. The number of ketones is 1. The fraction of sp³-hybridized carbons (Fsp3) is 0.111. The van der Waals surface area contributed by atoms with Crippen LogP contribution in [0.2, 0.25) is 0 Å². The molecular weight excluding hydrogens is 294 g/mol. The van der Waals surface area contributed by atoms with Crippen LogP contribution in [0.25, 0.3) is 11.0 Å². The van der Waals surface area contributed by atoms with E-state index in [1.807, 2.05) is 0 Å². The van der Waals surface area contributed by atoms with Crippen LogP contribution in [0.5, 0.6) is 5.75 Å². The van der Waals surface area contributed by atoms with E-state index in [1.165, 1.54) is 0 Å². The van der Waals surface area contributed by atoms with Gasteiger partial charge in [0.2, 0.25) is 11.3 Å². The summed E-state index contributed by atoms with van der Waals surface area (Å²) in [5.74, 6) is 0.185. The SMILES string of the molecule is COc1ccc(CC(=O)c2c(N)oc3ccccc3c2=O)cc1. The van der Waals surface area contributed by atoms with Gasteiger partial charge in [-0.3, -0.25) is 9.59 Å². The molecule has 0 atom stereocenters. The van der Waals surface area contributed by atoms with E-state index in [0.29, 0.717) is 16.7 Å². The average Bonchev–Trinajstić information content (AvgIpc) is 2.55. The lowest BCUT2D eigenvalue weighted by molar-refractivity contribution is 0.0991. The first-order valence-electron chi connectivity index (χ1n) is 7.07. The van der Waals surface area contributed by atoms with Gasteiger partial charge in [-0.05, 0) is 29.8 Å². The summed E-state index contributed by atoms with van der Waals surface area (Å²) in [5, 5.41) is 0.347. The molecule has 0 aliphatic rings. The predicted octanol–water partition coefficient (Wildman–Crippen LogP) is 2.81. The first kappa shape index (κ1) is 14.8. The summed E-state index contributed by atoms with van der Waals surface area (Å²) in [7, 11) is 1.57. The second-order valence-electron chi connectivity index (χ2n) is 5.11. The first-order valence-corrected chi connectivity index (χ1v) is 7.07. The predicted molar refractivity (Wildman–Crippen MR) is 87.9 cm³/mol. The van der Waals surface area contributed by atoms with Crippen molar-refractivity contribution >= 4 is 22.6 Å². The molecule has 23 heavy (non-hydrogen) atoms. The molecule has 3 rings (SSSR count). The van der Waals surface area contributed by atoms with E-state index >= 15 is 0 Å². The Kier molecular flexibility index (Phi) is 3.85. The van der Waals surface area contributed by atoms with E-state index in [4.69, 9.17) is 14.9 Å². The lowest BCUT2D eigenvalue weighted by Gasteiger charge is -2.06. The van der Waals surface area contributed by atoms with Gasteiger partial charge in [0.05, 0.1) is 12.5 Å². The van der Waals surface area contributed by atoms with Gasteiger partial charge in [-0.25, -0.2) is 0 Å². The Bertz CT molecular complexity index is 926. The minimum Gasteiger partial charge on any atom is -0.497 e. The number of carbonyl (C=O) groups excluding carboxylic acids is 1. The number of methoxy groups -OCH3 is 1. The summed E-state index contributed by atoms with van der Waals surface area (Å²) in [6.45, 7) is 0. The highest BCUT2D eigenvalue weighted by Gasteiger charge is 2.19. The van der Waals surface area contributed by atoms with Crippen molar-refractivity contribution in [2.45, 2.75) is 6.42 Å². The fourth-order valence-electron chi connectivity index (χ4n) is 2.44. The Balaban J connectivity index is 1.98. The maximum Gasteiger partial charge on any atom is 0.205 e. The van der Waals surface area contributed by atoms with Crippen LogP contribution in [0.3, 0.4) is 0 Å². The molecule has 0 spiro atoms. The smallest absolute Gasteiger partial charge is 0.205 e. The number of para-hydroxylation sites is 1. The van der Waals surface area contributed by atoms with Gasteiger partial charge in [-0.1, -0.05) is 24.3 Å². The molecule has 0 radical (unpaired) electrons. The summed E-state index contributed by atoms with van der Waals surface area (Å²) >= 11 is 0. The molecule has 1 heterocycles. The van der Waals surface area contributed by atoms with E-state index in [9.17, 15) is 9.59 Å². The lowest BCUT2D eigenvalue weighted by Crippen LogP contribution is -2.19. The second-order valence-corrected chi connectivity index (χ2v) is 5.11. The van der Waals surface area contributed by atoms with Crippen LogP contribution in [0.15, 0.2) is 57.7 Å². The standard InChI is InChI=1S/C18H15NO4/c1-22-12-8-6-11(7-9-12)10-14(20)16-17(21)13-4-2-3-5-15(13)23-18(16)19/h2-9H,10,19H2,1H3. The number of nitrogen functional groups attached to an aromatic ring is 1. The fourth-order valence-corrected chi connectivity index (χ4v) is 2.44. The van der Waals surface area contributed by atoms with E-state index in [1.54, 1.807) is 55.6 Å². The Morgan fingerprint density at radius 3 is 2.52 bits per heavy atom. The summed E-state index contributed by atoms with van der Waals surface area (Å²) in [5.41, 5.74) is 6.42. The van der Waals surface area contributed by atoms with Gasteiger partial charge in [-0.15, -0.1) is 0 Å². The molecule has 116 valence electrons. The molecule has 0 aliphatic heterocycles. The monoisotopic (exact) mass is 309 g/mol. The zero-order valence-corrected chi connectivity index (χ0v) is 12.5. The van der Waals surface area contributed by atoms with E-state index < -0.39 is 5.43 Å². The quantitative estimate of drug-likeness (QED) is 0.749. The number of anilines is 1. The summed E-state index contributed by atoms with van der Waals surface area (Å²) in [6.07, 6.45) is 0.0668. The highest BCUT2D eigenvalue weighted by Crippen LogP contribution is 2.19. The molecule has 0 amide bonds. The number of fused-ring (bicyclic) bond motifs is 1. The molecule has 2 N–H and O–H groups in total. The molecule has 5 nitrogen and oxygen atoms in total.